The van der Waals surface area contributed by atoms with Crippen LogP contribution in [0.2, 0.25) is 0 Å². The molecule has 4 nitrogen and oxygen atoms in total. The van der Waals surface area contributed by atoms with Gasteiger partial charge in [-0.2, -0.15) is 0 Å². The monoisotopic (exact) mass is 386 g/mol. The van der Waals surface area contributed by atoms with Gasteiger partial charge >= 0.3 is 27.3 Å². The maximum Gasteiger partial charge on any atom is 0 e. The third-order valence-electron chi connectivity index (χ3n) is 0. The third-order valence-corrected chi connectivity index (χ3v) is 0. The van der Waals surface area contributed by atoms with Gasteiger partial charge in [0.25, 0.3) is 0 Å². The molecular weight excluding hydrogens is 375 g/mol. The first-order chi connectivity index (χ1) is 0. The summed E-state index contributed by atoms with van der Waals surface area (Å²) in [7, 11) is 0. The van der Waals surface area contributed by atoms with Crippen molar-refractivity contribution in [3.05, 3.63) is 0 Å². The second-order valence-electron chi connectivity index (χ2n) is 0. The van der Waals surface area contributed by atoms with E-state index in [0.29, 0.717) is 0 Å². The van der Waals surface area contributed by atoms with E-state index >= 15 is 0 Å². The molecule has 0 aromatic rings. The Bertz CT molecular complexity index is 11.7. The fraction of sp³-hybridized carbons (Fsp3) is 0. The average Bonchev–Trinajstić information content (AvgIpc) is 0. The van der Waals surface area contributed by atoms with Crippen LogP contribution < -0.4 is 0 Å². The van der Waals surface area contributed by atoms with Crippen LogP contribution in [0, 0.1) is 0 Å². The molecule has 0 bridgehead atoms. The zero-order chi connectivity index (χ0) is 0. The van der Waals surface area contributed by atoms with Crippen LogP contribution in [0.5, 0.6) is 0 Å². The van der Waals surface area contributed by atoms with Gasteiger partial charge in [-0.15, -0.1) is 0 Å². The van der Waals surface area contributed by atoms with E-state index in [1.165, 1.54) is 0 Å². The van der Waals surface area contributed by atoms with Gasteiger partial charge < -0.3 is 21.9 Å². The van der Waals surface area contributed by atoms with Crippen LogP contribution in [0.3, 0.4) is 0 Å². The van der Waals surface area contributed by atoms with Crippen molar-refractivity contribution in [2.45, 2.75) is 0 Å². The van der Waals surface area contributed by atoms with Crippen molar-refractivity contribution in [3.8, 4) is 0 Å². The van der Waals surface area contributed by atoms with E-state index in [9.17, 15) is 0 Å². The molecule has 0 aliphatic heterocycles. The summed E-state index contributed by atoms with van der Waals surface area (Å²) in [5, 5.41) is 0. The van der Waals surface area contributed by atoms with Gasteiger partial charge in [0, 0.05) is 38.8 Å². The fourth-order valence-electron chi connectivity index (χ4n) is 0. The molecule has 2 radical (unpaired) electrons. The van der Waals surface area contributed by atoms with E-state index in [4.69, 9.17) is 0 Å². The smallest absolute Gasteiger partial charge is 0 e. The Morgan fingerprint density at radius 2 is 0.571 bits per heavy atom. The molecule has 7 heavy (non-hydrogen) atoms. The van der Waals surface area contributed by atoms with E-state index < -0.39 is 0 Å². The summed E-state index contributed by atoms with van der Waals surface area (Å²) in [5.74, 6) is 0. The predicted octanol–water partition coefficient (Wildman–Crippen LogP) is -4.22. The number of rotatable bonds is 0. The summed E-state index contributed by atoms with van der Waals surface area (Å²) in [4.78, 5) is 0. The largest absolute Gasteiger partial charge is 0 e. The topological polar surface area (TPSA) is 126 Å². The van der Waals surface area contributed by atoms with Crippen LogP contribution in [0.25, 0.3) is 0 Å². The van der Waals surface area contributed by atoms with Crippen molar-refractivity contribution in [2.24, 2.45) is 0 Å². The molecule has 0 unspecified atom stereocenters. The SMILES string of the molecule is O.O.O.O.[Fe].[PbH2].[Ti]. The van der Waals surface area contributed by atoms with Crippen molar-refractivity contribution >= 4 is 27.3 Å². The zero-order valence-corrected chi connectivity index (χ0v) is 11.7. The first-order valence-electron chi connectivity index (χ1n) is 0. The molecule has 0 aliphatic carbocycles. The Hall–Kier alpha value is 2.00. The molecule has 0 amide bonds. The molecule has 0 fully saturated rings. The van der Waals surface area contributed by atoms with Crippen molar-refractivity contribution in [1.82, 2.24) is 0 Å². The summed E-state index contributed by atoms with van der Waals surface area (Å²) in [6.45, 7) is 0. The van der Waals surface area contributed by atoms with Crippen LogP contribution in [0.1, 0.15) is 0 Å². The normalized spacial score (nSPS) is 0. The minimum Gasteiger partial charge on any atom is 0 e. The number of hydrogen-bond acceptors (Lipinski definition) is 0. The zero-order valence-electron chi connectivity index (χ0n) is 3.56. The molecule has 0 rings (SSSR count). The molecule has 7 heteroatoms. The summed E-state index contributed by atoms with van der Waals surface area (Å²) >= 11 is 0. The molecule has 0 aromatic heterocycles. The number of hydrogen-bond donors (Lipinski definition) is 0. The molecule has 0 heterocycles. The molecule has 0 aromatic carbocycles. The molecule has 0 saturated heterocycles. The van der Waals surface area contributed by atoms with Crippen LogP contribution in [0.4, 0.5) is 0 Å². The standard InChI is InChI=1S/Fe.4H2O.Pb.Ti.2H/h;4*1H2;;;;. The molecule has 0 atom stereocenters. The van der Waals surface area contributed by atoms with Crippen LogP contribution >= 0.6 is 0 Å². The van der Waals surface area contributed by atoms with Crippen molar-refractivity contribution < 1.29 is 60.7 Å². The maximum absolute atomic E-state index is 0. The molecule has 8 N–H and O–H groups in total. The molecule has 50 valence electrons. The first-order valence-corrected chi connectivity index (χ1v) is 0. The molecule has 0 spiro atoms. The van der Waals surface area contributed by atoms with Gasteiger partial charge in [-0.25, -0.2) is 0 Å². The summed E-state index contributed by atoms with van der Waals surface area (Å²) < 4.78 is 0. The molecular formula is H10FeO4PbTi. The van der Waals surface area contributed by atoms with Gasteiger partial charge in [-0.1, -0.05) is 0 Å². The molecule has 0 saturated carbocycles. The Balaban J connectivity index is 0. The second kappa shape index (κ2) is 98.2. The van der Waals surface area contributed by atoms with Crippen LogP contribution in [-0.4, -0.2) is 49.2 Å². The Morgan fingerprint density at radius 3 is 0.571 bits per heavy atom. The van der Waals surface area contributed by atoms with Gasteiger partial charge in [0.2, 0.25) is 0 Å². The minimum atomic E-state index is 0. The quantitative estimate of drug-likeness (QED) is 0.375. The molecule has 0 aliphatic rings. The Labute approximate surface area is 87.2 Å². The van der Waals surface area contributed by atoms with Gasteiger partial charge in [0.1, 0.15) is 0 Å². The Morgan fingerprint density at radius 1 is 0.571 bits per heavy atom. The summed E-state index contributed by atoms with van der Waals surface area (Å²) in [6.07, 6.45) is 0. The third kappa shape index (κ3) is 72.2. The van der Waals surface area contributed by atoms with E-state index in [-0.39, 0.29) is 88.0 Å². The predicted molar refractivity (Wildman–Crippen MR) is 23.0 cm³/mol. The summed E-state index contributed by atoms with van der Waals surface area (Å²) in [5.41, 5.74) is 0. The van der Waals surface area contributed by atoms with Crippen molar-refractivity contribution in [1.29, 1.82) is 0 Å². The van der Waals surface area contributed by atoms with Gasteiger partial charge in [0.05, 0.1) is 0 Å². The minimum absolute atomic E-state index is 0. The Kier molecular flexibility index (Phi) is 2030. The maximum atomic E-state index is 0. The first kappa shape index (κ1) is 144. The average molecular weight is 385 g/mol. The van der Waals surface area contributed by atoms with E-state index in [1.54, 1.807) is 0 Å². The van der Waals surface area contributed by atoms with Gasteiger partial charge in [0.15, 0.2) is 0 Å². The van der Waals surface area contributed by atoms with Crippen LogP contribution in [0.15, 0.2) is 0 Å². The van der Waals surface area contributed by atoms with Crippen molar-refractivity contribution in [3.63, 3.8) is 0 Å². The van der Waals surface area contributed by atoms with Crippen molar-refractivity contribution in [2.75, 3.05) is 0 Å². The second-order valence-corrected chi connectivity index (χ2v) is 0. The fourth-order valence-corrected chi connectivity index (χ4v) is 0. The van der Waals surface area contributed by atoms with Gasteiger partial charge in [-0.3, -0.25) is 0 Å². The van der Waals surface area contributed by atoms with Crippen LogP contribution in [-0.2, 0) is 38.8 Å². The van der Waals surface area contributed by atoms with E-state index in [1.807, 2.05) is 0 Å². The van der Waals surface area contributed by atoms with E-state index in [0.717, 1.165) is 0 Å². The summed E-state index contributed by atoms with van der Waals surface area (Å²) in [6, 6.07) is 0. The van der Waals surface area contributed by atoms with E-state index in [2.05, 4.69) is 0 Å². The van der Waals surface area contributed by atoms with Gasteiger partial charge in [-0.05, 0) is 0 Å².